The Bertz CT molecular complexity index is 573. The molecule has 0 aliphatic heterocycles. The van der Waals surface area contributed by atoms with Crippen LogP contribution in [0.4, 0.5) is 0 Å². The van der Waals surface area contributed by atoms with Gasteiger partial charge in [-0.1, -0.05) is 13.8 Å². The molecule has 1 rings (SSSR count). The number of nitrogens with two attached hydrogens (primary N) is 1. The first-order valence-corrected chi connectivity index (χ1v) is 8.26. The van der Waals surface area contributed by atoms with Crippen LogP contribution >= 0.6 is 0 Å². The number of hydrogen-bond acceptors (Lipinski definition) is 4. The summed E-state index contributed by atoms with van der Waals surface area (Å²) in [4.78, 5) is 0.264. The number of hydrogen-bond donors (Lipinski definition) is 2. The van der Waals surface area contributed by atoms with Gasteiger partial charge in [0.2, 0.25) is 10.0 Å². The van der Waals surface area contributed by atoms with Gasteiger partial charge < -0.3 is 5.73 Å². The number of sulfonamides is 1. The van der Waals surface area contributed by atoms with Crippen molar-refractivity contribution >= 4 is 10.0 Å². The zero-order valence-corrected chi connectivity index (χ0v) is 14.0. The second-order valence-corrected chi connectivity index (χ2v) is 7.89. The van der Waals surface area contributed by atoms with Gasteiger partial charge in [-0.25, -0.2) is 13.1 Å². The molecule has 116 valence electrons. The quantitative estimate of drug-likeness (QED) is 0.825. The standard InChI is InChI=1S/C13H26N4O2S/c1-9(2)7-17-11(4)12(10(3)15-17)20(18,19)16-13(5,6)8-14/h9,16H,7-8,14H2,1-6H3. The van der Waals surface area contributed by atoms with Crippen molar-refractivity contribution in [2.45, 2.75) is 58.5 Å². The molecule has 1 heterocycles. The number of nitrogens with one attached hydrogen (secondary N) is 1. The zero-order chi connectivity index (χ0) is 15.7. The molecule has 0 aliphatic carbocycles. The van der Waals surface area contributed by atoms with Gasteiger partial charge in [0, 0.05) is 18.6 Å². The Balaban J connectivity index is 3.23. The van der Waals surface area contributed by atoms with Gasteiger partial charge in [0.05, 0.1) is 11.4 Å². The molecule has 7 heteroatoms. The van der Waals surface area contributed by atoms with E-state index >= 15 is 0 Å². The van der Waals surface area contributed by atoms with Crippen molar-refractivity contribution in [3.05, 3.63) is 11.4 Å². The van der Waals surface area contributed by atoms with Crippen molar-refractivity contribution in [1.82, 2.24) is 14.5 Å². The Hall–Kier alpha value is -0.920. The van der Waals surface area contributed by atoms with Gasteiger partial charge in [-0.2, -0.15) is 5.10 Å². The summed E-state index contributed by atoms with van der Waals surface area (Å²) in [5.74, 6) is 0.400. The van der Waals surface area contributed by atoms with Crippen LogP contribution in [0.1, 0.15) is 39.1 Å². The average Bonchev–Trinajstić information content (AvgIpc) is 2.52. The topological polar surface area (TPSA) is 90.0 Å². The predicted octanol–water partition coefficient (Wildman–Crippen LogP) is 1.17. The third-order valence-corrected chi connectivity index (χ3v) is 4.99. The van der Waals surface area contributed by atoms with Crippen LogP contribution in [0.5, 0.6) is 0 Å². The molecule has 0 unspecified atom stereocenters. The van der Waals surface area contributed by atoms with Crippen LogP contribution in [0.25, 0.3) is 0 Å². The maximum absolute atomic E-state index is 12.5. The second-order valence-electron chi connectivity index (χ2n) is 6.27. The highest BCUT2D eigenvalue weighted by molar-refractivity contribution is 7.89. The summed E-state index contributed by atoms with van der Waals surface area (Å²) in [5.41, 5.74) is 6.09. The molecule has 0 saturated carbocycles. The zero-order valence-electron chi connectivity index (χ0n) is 13.2. The van der Waals surface area contributed by atoms with Gasteiger partial charge in [-0.15, -0.1) is 0 Å². The Morgan fingerprint density at radius 1 is 1.35 bits per heavy atom. The Morgan fingerprint density at radius 2 is 1.90 bits per heavy atom. The van der Waals surface area contributed by atoms with Crippen molar-refractivity contribution in [1.29, 1.82) is 0 Å². The third-order valence-electron chi connectivity index (χ3n) is 3.04. The highest BCUT2D eigenvalue weighted by atomic mass is 32.2. The molecule has 0 saturated heterocycles. The molecule has 0 aromatic carbocycles. The largest absolute Gasteiger partial charge is 0.329 e. The lowest BCUT2D eigenvalue weighted by atomic mass is 10.1. The lowest BCUT2D eigenvalue weighted by Crippen LogP contribution is -2.48. The third kappa shape index (κ3) is 3.80. The smallest absolute Gasteiger partial charge is 0.244 e. The summed E-state index contributed by atoms with van der Waals surface area (Å²) in [6.45, 7) is 12.1. The van der Waals surface area contributed by atoms with Gasteiger partial charge in [0.25, 0.3) is 0 Å². The van der Waals surface area contributed by atoms with Crippen molar-refractivity contribution in [2.24, 2.45) is 11.7 Å². The lowest BCUT2D eigenvalue weighted by molar-refractivity contribution is 0.460. The van der Waals surface area contributed by atoms with E-state index in [-0.39, 0.29) is 11.4 Å². The van der Waals surface area contributed by atoms with Crippen LogP contribution in [-0.2, 0) is 16.6 Å². The van der Waals surface area contributed by atoms with E-state index in [1.165, 1.54) is 0 Å². The summed E-state index contributed by atoms with van der Waals surface area (Å²) in [7, 11) is -3.62. The molecule has 20 heavy (non-hydrogen) atoms. The number of rotatable bonds is 6. The Kier molecular flexibility index (Phi) is 4.99. The maximum Gasteiger partial charge on any atom is 0.244 e. The van der Waals surface area contributed by atoms with E-state index in [0.29, 0.717) is 23.9 Å². The molecule has 1 aromatic rings. The maximum atomic E-state index is 12.5. The first-order chi connectivity index (χ1) is 9.00. The summed E-state index contributed by atoms with van der Waals surface area (Å²) in [6, 6.07) is 0. The molecular formula is C13H26N4O2S. The number of aryl methyl sites for hydroxylation is 1. The van der Waals surface area contributed by atoms with Crippen molar-refractivity contribution in [3.8, 4) is 0 Å². The van der Waals surface area contributed by atoms with Crippen LogP contribution in [0.2, 0.25) is 0 Å². The highest BCUT2D eigenvalue weighted by Crippen LogP contribution is 2.21. The van der Waals surface area contributed by atoms with Gasteiger partial charge in [0.1, 0.15) is 4.90 Å². The second kappa shape index (κ2) is 5.83. The SMILES string of the molecule is Cc1nn(CC(C)C)c(C)c1S(=O)(=O)NC(C)(C)CN. The summed E-state index contributed by atoms with van der Waals surface area (Å²) in [6.07, 6.45) is 0. The van der Waals surface area contributed by atoms with Gasteiger partial charge in [0.15, 0.2) is 0 Å². The first-order valence-electron chi connectivity index (χ1n) is 6.78. The summed E-state index contributed by atoms with van der Waals surface area (Å²) >= 11 is 0. The van der Waals surface area contributed by atoms with E-state index in [0.717, 1.165) is 0 Å². The average molecular weight is 302 g/mol. The fourth-order valence-corrected chi connectivity index (χ4v) is 3.89. The number of nitrogens with zero attached hydrogens (tertiary/aromatic N) is 2. The van der Waals surface area contributed by atoms with Crippen LogP contribution < -0.4 is 10.5 Å². The minimum atomic E-state index is -3.62. The molecule has 0 fully saturated rings. The summed E-state index contributed by atoms with van der Waals surface area (Å²) < 4.78 is 29.4. The van der Waals surface area contributed by atoms with Crippen LogP contribution in [0, 0.1) is 19.8 Å². The molecule has 3 N–H and O–H groups in total. The summed E-state index contributed by atoms with van der Waals surface area (Å²) in [5, 5.41) is 4.34. The fraction of sp³-hybridized carbons (Fsp3) is 0.769. The monoisotopic (exact) mass is 302 g/mol. The van der Waals surface area contributed by atoms with Crippen LogP contribution in [-0.4, -0.2) is 30.3 Å². The minimum absolute atomic E-state index is 0.227. The molecule has 1 aromatic heterocycles. The first kappa shape index (κ1) is 17.1. The van der Waals surface area contributed by atoms with E-state index in [1.807, 2.05) is 0 Å². The molecular weight excluding hydrogens is 276 g/mol. The Morgan fingerprint density at radius 3 is 2.35 bits per heavy atom. The van der Waals surface area contributed by atoms with Gasteiger partial charge >= 0.3 is 0 Å². The van der Waals surface area contributed by atoms with Crippen molar-refractivity contribution in [2.75, 3.05) is 6.54 Å². The molecule has 0 radical (unpaired) electrons. The molecule has 0 spiro atoms. The van der Waals surface area contributed by atoms with Crippen LogP contribution in [0.3, 0.4) is 0 Å². The number of aromatic nitrogens is 2. The molecule has 0 bridgehead atoms. The normalized spacial score (nSPS) is 13.2. The highest BCUT2D eigenvalue weighted by Gasteiger charge is 2.30. The molecule has 0 atom stereocenters. The lowest BCUT2D eigenvalue weighted by Gasteiger charge is -2.23. The van der Waals surface area contributed by atoms with E-state index in [4.69, 9.17) is 5.73 Å². The van der Waals surface area contributed by atoms with E-state index < -0.39 is 15.6 Å². The van der Waals surface area contributed by atoms with Crippen LogP contribution in [0.15, 0.2) is 4.90 Å². The van der Waals surface area contributed by atoms with E-state index in [9.17, 15) is 8.42 Å². The predicted molar refractivity (Wildman–Crippen MR) is 80.0 cm³/mol. The van der Waals surface area contributed by atoms with Gasteiger partial charge in [-0.3, -0.25) is 4.68 Å². The fourth-order valence-electron chi connectivity index (χ4n) is 2.05. The van der Waals surface area contributed by atoms with E-state index in [1.54, 1.807) is 32.4 Å². The molecule has 0 aliphatic rings. The minimum Gasteiger partial charge on any atom is -0.329 e. The van der Waals surface area contributed by atoms with Gasteiger partial charge in [-0.05, 0) is 33.6 Å². The molecule has 0 amide bonds. The van der Waals surface area contributed by atoms with Crippen molar-refractivity contribution < 1.29 is 8.42 Å². The molecule has 6 nitrogen and oxygen atoms in total. The Labute approximate surface area is 121 Å². The van der Waals surface area contributed by atoms with Crippen molar-refractivity contribution in [3.63, 3.8) is 0 Å². The van der Waals surface area contributed by atoms with E-state index in [2.05, 4.69) is 23.7 Å².